The fourth-order valence-electron chi connectivity index (χ4n) is 2.34. The summed E-state index contributed by atoms with van der Waals surface area (Å²) in [5.41, 5.74) is 0. The zero-order chi connectivity index (χ0) is 17.1. The Morgan fingerprint density at radius 1 is 1.36 bits per heavy atom. The molecule has 1 atom stereocenters. The fraction of sp³-hybridized carbons (Fsp3) is 0.846. The van der Waals surface area contributed by atoms with Crippen LogP contribution in [-0.4, -0.2) is 80.6 Å². The van der Waals surface area contributed by atoms with Crippen molar-refractivity contribution < 1.29 is 18.0 Å². The minimum atomic E-state index is -3.65. The van der Waals surface area contributed by atoms with Crippen molar-refractivity contribution in [3.63, 3.8) is 0 Å². The lowest BCUT2D eigenvalue weighted by Crippen LogP contribution is -2.59. The Bertz CT molecular complexity index is 518. The van der Waals surface area contributed by atoms with Crippen LogP contribution in [0.4, 0.5) is 0 Å². The van der Waals surface area contributed by atoms with Crippen LogP contribution >= 0.6 is 0 Å². The molecule has 1 rings (SSSR count). The Morgan fingerprint density at radius 2 is 1.95 bits per heavy atom. The summed E-state index contributed by atoms with van der Waals surface area (Å²) in [7, 11) is 0.528. The third-order valence-corrected chi connectivity index (χ3v) is 5.40. The lowest BCUT2D eigenvalue weighted by molar-refractivity contribution is -0.143. The number of carbonyl (C=O) groups is 2. The van der Waals surface area contributed by atoms with E-state index in [1.54, 1.807) is 0 Å². The minimum Gasteiger partial charge on any atom is -0.353 e. The van der Waals surface area contributed by atoms with Gasteiger partial charge in [-0.25, -0.2) is 0 Å². The predicted octanol–water partition coefficient (Wildman–Crippen LogP) is -0.902. The molecule has 0 aromatic carbocycles. The highest BCUT2D eigenvalue weighted by molar-refractivity contribution is 7.86. The van der Waals surface area contributed by atoms with Crippen LogP contribution in [-0.2, 0) is 19.8 Å². The van der Waals surface area contributed by atoms with Crippen LogP contribution in [0, 0.1) is 5.92 Å². The van der Waals surface area contributed by atoms with Crippen LogP contribution in [0.25, 0.3) is 0 Å². The van der Waals surface area contributed by atoms with Gasteiger partial charge in [-0.1, -0.05) is 13.8 Å². The zero-order valence-electron chi connectivity index (χ0n) is 13.9. The average molecular weight is 334 g/mol. The van der Waals surface area contributed by atoms with Gasteiger partial charge in [0.2, 0.25) is 11.8 Å². The first-order valence-electron chi connectivity index (χ1n) is 7.28. The topological polar surface area (TPSA) is 90.0 Å². The van der Waals surface area contributed by atoms with Gasteiger partial charge >= 0.3 is 0 Å². The number of piperazine rings is 1. The predicted molar refractivity (Wildman–Crippen MR) is 83.2 cm³/mol. The van der Waals surface area contributed by atoms with E-state index in [1.165, 1.54) is 26.0 Å². The van der Waals surface area contributed by atoms with E-state index in [9.17, 15) is 18.0 Å². The quantitative estimate of drug-likeness (QED) is 0.681. The minimum absolute atomic E-state index is 0.175. The van der Waals surface area contributed by atoms with Crippen molar-refractivity contribution in [2.45, 2.75) is 26.3 Å². The molecule has 0 aliphatic carbocycles. The molecule has 1 aliphatic rings. The third-order valence-electron chi connectivity index (χ3n) is 3.56. The SMILES string of the molecule is CC(C)C[C@@H]1C(=O)NCCN1C(=O)CN(C)S(=O)(=O)N(C)C. The van der Waals surface area contributed by atoms with Gasteiger partial charge in [0.05, 0.1) is 6.54 Å². The van der Waals surface area contributed by atoms with Crippen LogP contribution in [0.2, 0.25) is 0 Å². The van der Waals surface area contributed by atoms with E-state index in [2.05, 4.69) is 5.32 Å². The summed E-state index contributed by atoms with van der Waals surface area (Å²) in [6, 6.07) is -0.531. The van der Waals surface area contributed by atoms with Crippen LogP contribution < -0.4 is 5.32 Å². The van der Waals surface area contributed by atoms with Gasteiger partial charge in [-0.05, 0) is 12.3 Å². The van der Waals surface area contributed by atoms with Crippen molar-refractivity contribution in [2.75, 3.05) is 40.8 Å². The molecule has 0 aromatic rings. The second-order valence-electron chi connectivity index (χ2n) is 6.07. The maximum Gasteiger partial charge on any atom is 0.281 e. The first-order valence-corrected chi connectivity index (χ1v) is 8.68. The highest BCUT2D eigenvalue weighted by Crippen LogP contribution is 2.15. The Balaban J connectivity index is 2.83. The maximum atomic E-state index is 12.4. The van der Waals surface area contributed by atoms with Gasteiger partial charge in [-0.3, -0.25) is 9.59 Å². The molecule has 0 aromatic heterocycles. The summed E-state index contributed by atoms with van der Waals surface area (Å²) in [5.74, 6) is -0.271. The lowest BCUT2D eigenvalue weighted by Gasteiger charge is -2.36. The molecular formula is C13H26N4O4S. The van der Waals surface area contributed by atoms with Crippen molar-refractivity contribution >= 4 is 22.0 Å². The van der Waals surface area contributed by atoms with Gasteiger partial charge in [-0.2, -0.15) is 17.0 Å². The number of nitrogens with one attached hydrogen (secondary N) is 1. The molecule has 2 amide bonds. The Labute approximate surface area is 132 Å². The largest absolute Gasteiger partial charge is 0.353 e. The summed E-state index contributed by atoms with van der Waals surface area (Å²) in [5, 5.41) is 2.75. The molecule has 0 unspecified atom stereocenters. The number of hydrogen-bond donors (Lipinski definition) is 1. The van der Waals surface area contributed by atoms with E-state index in [1.807, 2.05) is 13.8 Å². The molecule has 1 heterocycles. The van der Waals surface area contributed by atoms with Gasteiger partial charge in [-0.15, -0.1) is 0 Å². The number of rotatable bonds is 6. The summed E-state index contributed by atoms with van der Waals surface area (Å²) in [6.07, 6.45) is 0.557. The highest BCUT2D eigenvalue weighted by atomic mass is 32.2. The lowest BCUT2D eigenvalue weighted by atomic mass is 10.00. The van der Waals surface area contributed by atoms with E-state index in [-0.39, 0.29) is 24.3 Å². The van der Waals surface area contributed by atoms with E-state index in [0.29, 0.717) is 19.5 Å². The molecule has 1 N–H and O–H groups in total. The molecule has 0 spiro atoms. The highest BCUT2D eigenvalue weighted by Gasteiger charge is 2.35. The Hall–Kier alpha value is -1.19. The van der Waals surface area contributed by atoms with E-state index >= 15 is 0 Å². The molecule has 0 saturated carbocycles. The second kappa shape index (κ2) is 7.38. The average Bonchev–Trinajstić information content (AvgIpc) is 2.40. The van der Waals surface area contributed by atoms with Crippen molar-refractivity contribution in [3.05, 3.63) is 0 Å². The molecule has 22 heavy (non-hydrogen) atoms. The molecule has 0 radical (unpaired) electrons. The summed E-state index contributed by atoms with van der Waals surface area (Å²) < 4.78 is 26.0. The van der Waals surface area contributed by atoms with Gasteiger partial charge in [0.15, 0.2) is 0 Å². The number of amides is 2. The standard InChI is InChI=1S/C13H26N4O4S/c1-10(2)8-11-13(19)14-6-7-17(11)12(18)9-16(5)22(20,21)15(3)4/h10-11H,6-9H2,1-5H3,(H,14,19)/t11-/m1/s1. The first-order chi connectivity index (χ1) is 10.1. The molecule has 128 valence electrons. The van der Waals surface area contributed by atoms with Crippen molar-refractivity contribution in [1.82, 2.24) is 18.8 Å². The van der Waals surface area contributed by atoms with Crippen molar-refractivity contribution in [1.29, 1.82) is 0 Å². The van der Waals surface area contributed by atoms with E-state index < -0.39 is 16.3 Å². The first kappa shape index (κ1) is 18.9. The van der Waals surface area contributed by atoms with Crippen molar-refractivity contribution in [2.24, 2.45) is 5.92 Å². The normalized spacial score (nSPS) is 19.9. The van der Waals surface area contributed by atoms with Crippen LogP contribution in [0.3, 0.4) is 0 Å². The monoisotopic (exact) mass is 334 g/mol. The summed E-state index contributed by atoms with van der Waals surface area (Å²) in [6.45, 7) is 4.48. The van der Waals surface area contributed by atoms with Crippen LogP contribution in [0.1, 0.15) is 20.3 Å². The zero-order valence-corrected chi connectivity index (χ0v) is 14.7. The molecule has 0 bridgehead atoms. The van der Waals surface area contributed by atoms with Gasteiger partial charge < -0.3 is 10.2 Å². The van der Waals surface area contributed by atoms with Crippen LogP contribution in [0.5, 0.6) is 0 Å². The third kappa shape index (κ3) is 4.40. The maximum absolute atomic E-state index is 12.4. The molecule has 1 saturated heterocycles. The molecule has 8 nitrogen and oxygen atoms in total. The van der Waals surface area contributed by atoms with Gasteiger partial charge in [0, 0.05) is 34.2 Å². The smallest absolute Gasteiger partial charge is 0.281 e. The molecule has 9 heteroatoms. The van der Waals surface area contributed by atoms with Gasteiger partial charge in [0.25, 0.3) is 10.2 Å². The molecule has 1 aliphatic heterocycles. The van der Waals surface area contributed by atoms with E-state index in [0.717, 1.165) is 8.61 Å². The van der Waals surface area contributed by atoms with Gasteiger partial charge in [0.1, 0.15) is 6.04 Å². The number of hydrogen-bond acceptors (Lipinski definition) is 4. The molecular weight excluding hydrogens is 308 g/mol. The summed E-state index contributed by atoms with van der Waals surface area (Å²) >= 11 is 0. The fourth-order valence-corrected chi connectivity index (χ4v) is 3.17. The van der Waals surface area contributed by atoms with Crippen LogP contribution in [0.15, 0.2) is 0 Å². The number of likely N-dealkylation sites (N-methyl/N-ethyl adjacent to an activating group) is 1. The van der Waals surface area contributed by atoms with E-state index in [4.69, 9.17) is 0 Å². The molecule has 1 fully saturated rings. The number of carbonyl (C=O) groups excluding carboxylic acids is 2. The number of nitrogens with zero attached hydrogens (tertiary/aromatic N) is 3. The second-order valence-corrected chi connectivity index (χ2v) is 8.32. The summed E-state index contributed by atoms with van der Waals surface area (Å²) in [4.78, 5) is 25.9. The Kier molecular flexibility index (Phi) is 6.33. The Morgan fingerprint density at radius 3 is 2.45 bits per heavy atom. The van der Waals surface area contributed by atoms with Crippen molar-refractivity contribution in [3.8, 4) is 0 Å².